The lowest BCUT2D eigenvalue weighted by molar-refractivity contribution is -0.123. The second kappa shape index (κ2) is 7.66. The van der Waals surface area contributed by atoms with Crippen LogP contribution in [0, 0.1) is 5.82 Å². The van der Waals surface area contributed by atoms with Crippen LogP contribution in [0.2, 0.25) is 0 Å². The van der Waals surface area contributed by atoms with Gasteiger partial charge in [-0.1, -0.05) is 6.92 Å². The van der Waals surface area contributed by atoms with Gasteiger partial charge in [0.1, 0.15) is 11.6 Å². The van der Waals surface area contributed by atoms with E-state index in [1.165, 1.54) is 24.3 Å². The van der Waals surface area contributed by atoms with Crippen LogP contribution in [0.1, 0.15) is 13.8 Å². The Morgan fingerprint density at radius 2 is 2.06 bits per heavy atom. The number of rotatable bonds is 7. The van der Waals surface area contributed by atoms with Gasteiger partial charge >= 0.3 is 0 Å². The highest BCUT2D eigenvalue weighted by atomic mass is 19.1. The number of likely N-dealkylation sites (N-methyl/N-ethyl adjacent to an activating group) is 1. The third kappa shape index (κ3) is 5.63. The van der Waals surface area contributed by atoms with Crippen molar-refractivity contribution in [1.82, 2.24) is 10.6 Å². The van der Waals surface area contributed by atoms with E-state index in [0.717, 1.165) is 6.54 Å². The van der Waals surface area contributed by atoms with E-state index in [-0.39, 0.29) is 24.4 Å². The zero-order valence-corrected chi connectivity index (χ0v) is 10.7. The van der Waals surface area contributed by atoms with E-state index < -0.39 is 0 Å². The van der Waals surface area contributed by atoms with Gasteiger partial charge in [-0.2, -0.15) is 0 Å². The Kier molecular flexibility index (Phi) is 6.14. The maximum Gasteiger partial charge on any atom is 0.257 e. The first-order chi connectivity index (χ1) is 8.61. The van der Waals surface area contributed by atoms with Crippen molar-refractivity contribution in [2.24, 2.45) is 0 Å². The molecule has 0 heterocycles. The highest BCUT2D eigenvalue weighted by Gasteiger charge is 2.05. The van der Waals surface area contributed by atoms with E-state index in [9.17, 15) is 9.18 Å². The van der Waals surface area contributed by atoms with Gasteiger partial charge in [-0.3, -0.25) is 4.79 Å². The first-order valence-corrected chi connectivity index (χ1v) is 6.00. The number of benzene rings is 1. The Balaban J connectivity index is 2.22. The van der Waals surface area contributed by atoms with E-state index in [1.54, 1.807) is 0 Å². The maximum atomic E-state index is 12.6. The number of nitrogens with one attached hydrogen (secondary N) is 2. The van der Waals surface area contributed by atoms with Crippen molar-refractivity contribution in [3.8, 4) is 5.75 Å². The lowest BCUT2D eigenvalue weighted by atomic mass is 10.3. The molecule has 0 unspecified atom stereocenters. The highest BCUT2D eigenvalue weighted by Crippen LogP contribution is 2.10. The van der Waals surface area contributed by atoms with Crippen LogP contribution in [0.5, 0.6) is 5.75 Å². The summed E-state index contributed by atoms with van der Waals surface area (Å²) in [6.45, 7) is 5.35. The fraction of sp³-hybridized carbons (Fsp3) is 0.462. The molecule has 0 aliphatic rings. The number of hydrogen-bond donors (Lipinski definition) is 2. The van der Waals surface area contributed by atoms with Gasteiger partial charge in [-0.05, 0) is 37.7 Å². The van der Waals surface area contributed by atoms with E-state index in [2.05, 4.69) is 10.6 Å². The molecule has 1 atom stereocenters. The number of ether oxygens (including phenoxy) is 1. The summed E-state index contributed by atoms with van der Waals surface area (Å²) in [6.07, 6.45) is 0. The molecule has 2 N–H and O–H groups in total. The lowest BCUT2D eigenvalue weighted by Gasteiger charge is -2.13. The quantitative estimate of drug-likeness (QED) is 0.771. The van der Waals surface area contributed by atoms with Gasteiger partial charge in [0.2, 0.25) is 0 Å². The molecule has 5 heteroatoms. The Hall–Kier alpha value is -1.62. The van der Waals surface area contributed by atoms with Gasteiger partial charge in [0, 0.05) is 12.6 Å². The summed E-state index contributed by atoms with van der Waals surface area (Å²) >= 11 is 0. The van der Waals surface area contributed by atoms with Crippen molar-refractivity contribution in [3.05, 3.63) is 30.1 Å². The minimum atomic E-state index is -0.328. The van der Waals surface area contributed by atoms with Crippen molar-refractivity contribution >= 4 is 5.91 Å². The molecule has 0 radical (unpaired) electrons. The summed E-state index contributed by atoms with van der Waals surface area (Å²) in [6, 6.07) is 5.79. The number of halogens is 1. The molecule has 1 amide bonds. The predicted octanol–water partition coefficient (Wildman–Crippen LogP) is 1.32. The molecule has 4 nitrogen and oxygen atoms in total. The third-order valence-electron chi connectivity index (χ3n) is 2.34. The average molecular weight is 254 g/mol. The standard InChI is InChI=1S/C13H19FN2O2/c1-3-15-10(2)8-16-13(17)9-18-12-6-4-11(14)5-7-12/h4-7,10,15H,3,8-9H2,1-2H3,(H,16,17)/t10-/m1/s1. The summed E-state index contributed by atoms with van der Waals surface area (Å²) in [4.78, 5) is 11.5. The predicted molar refractivity (Wildman–Crippen MR) is 68.0 cm³/mol. The van der Waals surface area contributed by atoms with Crippen LogP contribution in [0.4, 0.5) is 4.39 Å². The molecule has 0 saturated carbocycles. The van der Waals surface area contributed by atoms with Gasteiger partial charge in [0.15, 0.2) is 6.61 Å². The summed E-state index contributed by atoms with van der Waals surface area (Å²) in [5.74, 6) is -0.0402. The highest BCUT2D eigenvalue weighted by molar-refractivity contribution is 5.77. The normalized spacial score (nSPS) is 11.9. The fourth-order valence-corrected chi connectivity index (χ4v) is 1.42. The molecular weight excluding hydrogens is 235 g/mol. The molecule has 1 aromatic rings. The molecule has 0 aromatic heterocycles. The molecule has 100 valence electrons. The van der Waals surface area contributed by atoms with E-state index in [1.807, 2.05) is 13.8 Å². The summed E-state index contributed by atoms with van der Waals surface area (Å²) in [7, 11) is 0. The maximum absolute atomic E-state index is 12.6. The summed E-state index contributed by atoms with van der Waals surface area (Å²) < 4.78 is 17.8. The van der Waals surface area contributed by atoms with Crippen LogP contribution in [0.15, 0.2) is 24.3 Å². The Morgan fingerprint density at radius 1 is 1.39 bits per heavy atom. The fourth-order valence-electron chi connectivity index (χ4n) is 1.42. The molecule has 1 aromatic carbocycles. The minimum absolute atomic E-state index is 0.0650. The monoisotopic (exact) mass is 254 g/mol. The summed E-state index contributed by atoms with van der Waals surface area (Å²) in [5, 5.41) is 5.93. The molecule has 0 aliphatic heterocycles. The minimum Gasteiger partial charge on any atom is -0.484 e. The number of carbonyl (C=O) groups excluding carboxylic acids is 1. The van der Waals surface area contributed by atoms with Crippen molar-refractivity contribution in [2.75, 3.05) is 19.7 Å². The van der Waals surface area contributed by atoms with Crippen molar-refractivity contribution in [1.29, 1.82) is 0 Å². The lowest BCUT2D eigenvalue weighted by Crippen LogP contribution is -2.40. The first-order valence-electron chi connectivity index (χ1n) is 6.00. The van der Waals surface area contributed by atoms with Gasteiger partial charge < -0.3 is 15.4 Å². The van der Waals surface area contributed by atoms with Gasteiger partial charge in [-0.15, -0.1) is 0 Å². The van der Waals surface area contributed by atoms with Crippen LogP contribution < -0.4 is 15.4 Å². The van der Waals surface area contributed by atoms with Crippen LogP contribution in [0.25, 0.3) is 0 Å². The van der Waals surface area contributed by atoms with Crippen molar-refractivity contribution in [3.63, 3.8) is 0 Å². The van der Waals surface area contributed by atoms with E-state index in [4.69, 9.17) is 4.74 Å². The van der Waals surface area contributed by atoms with Crippen molar-refractivity contribution < 1.29 is 13.9 Å². The smallest absolute Gasteiger partial charge is 0.257 e. The van der Waals surface area contributed by atoms with Crippen molar-refractivity contribution in [2.45, 2.75) is 19.9 Å². The molecule has 18 heavy (non-hydrogen) atoms. The molecule has 0 fully saturated rings. The number of carbonyl (C=O) groups is 1. The second-order valence-corrected chi connectivity index (χ2v) is 4.01. The molecule has 0 bridgehead atoms. The molecular formula is C13H19FN2O2. The van der Waals surface area contributed by atoms with Gasteiger partial charge in [0.05, 0.1) is 0 Å². The van der Waals surface area contributed by atoms with Crippen LogP contribution in [-0.4, -0.2) is 31.6 Å². The number of hydrogen-bond acceptors (Lipinski definition) is 3. The van der Waals surface area contributed by atoms with Crippen LogP contribution in [0.3, 0.4) is 0 Å². The average Bonchev–Trinajstić information content (AvgIpc) is 2.36. The Bertz CT molecular complexity index is 368. The zero-order valence-electron chi connectivity index (χ0n) is 10.7. The van der Waals surface area contributed by atoms with Gasteiger partial charge in [-0.25, -0.2) is 4.39 Å². The zero-order chi connectivity index (χ0) is 13.4. The Labute approximate surface area is 107 Å². The third-order valence-corrected chi connectivity index (χ3v) is 2.34. The SMILES string of the molecule is CCN[C@H](C)CNC(=O)COc1ccc(F)cc1. The topological polar surface area (TPSA) is 50.4 Å². The van der Waals surface area contributed by atoms with Crippen LogP contribution in [-0.2, 0) is 4.79 Å². The summed E-state index contributed by atoms with van der Waals surface area (Å²) in [5.41, 5.74) is 0. The molecule has 0 saturated heterocycles. The van der Waals surface area contributed by atoms with E-state index >= 15 is 0 Å². The van der Waals surface area contributed by atoms with Gasteiger partial charge in [0.25, 0.3) is 5.91 Å². The Morgan fingerprint density at radius 3 is 2.67 bits per heavy atom. The molecule has 1 rings (SSSR count). The number of amides is 1. The van der Waals surface area contributed by atoms with Crippen LogP contribution >= 0.6 is 0 Å². The molecule has 0 aliphatic carbocycles. The largest absolute Gasteiger partial charge is 0.484 e. The second-order valence-electron chi connectivity index (χ2n) is 4.01. The first kappa shape index (κ1) is 14.4. The molecule has 0 spiro atoms. The van der Waals surface area contributed by atoms with E-state index in [0.29, 0.717) is 12.3 Å².